The number of hydrogen-bond acceptors (Lipinski definition) is 5. The summed E-state index contributed by atoms with van der Waals surface area (Å²) in [6, 6.07) is 11.2. The van der Waals surface area contributed by atoms with Crippen molar-refractivity contribution in [2.45, 2.75) is 26.3 Å². The van der Waals surface area contributed by atoms with Gasteiger partial charge in [-0.1, -0.05) is 6.07 Å². The molecule has 0 radical (unpaired) electrons. The fourth-order valence-electron chi connectivity index (χ4n) is 2.56. The zero-order chi connectivity index (χ0) is 19.5. The first-order valence-corrected chi connectivity index (χ1v) is 7.86. The number of carbonyl (C=O) groups is 1. The lowest BCUT2D eigenvalue weighted by Gasteiger charge is -2.33. The van der Waals surface area contributed by atoms with Crippen LogP contribution in [0.5, 0.6) is 5.75 Å². The third-order valence-corrected chi connectivity index (χ3v) is 3.65. The van der Waals surface area contributed by atoms with Crippen LogP contribution in [0.1, 0.15) is 20.8 Å². The molecule has 8 nitrogen and oxygen atoms in total. The number of carboxylic acid groups (broad SMARTS) is 1. The Morgan fingerprint density at radius 3 is 2.46 bits per heavy atom. The summed E-state index contributed by atoms with van der Waals surface area (Å²) in [7, 11) is 1.43. The zero-order valence-electron chi connectivity index (χ0n) is 15.0. The highest BCUT2D eigenvalue weighted by Crippen LogP contribution is 2.33. The minimum atomic E-state index is -1.08. The Kier molecular flexibility index (Phi) is 5.35. The Hall–Kier alpha value is -3.29. The maximum absolute atomic E-state index is 11.6. The number of anilines is 3. The van der Waals surface area contributed by atoms with Crippen molar-refractivity contribution < 1.29 is 19.6 Å². The molecule has 0 saturated carbocycles. The fraction of sp³-hybridized carbons (Fsp3) is 0.278. The molecular formula is C18H21N3O5. The number of nitro benzene ring substituents is 1. The average molecular weight is 359 g/mol. The highest BCUT2D eigenvalue weighted by molar-refractivity contribution is 5.88. The summed E-state index contributed by atoms with van der Waals surface area (Å²) in [6.45, 7) is 5.36. The molecule has 1 amide bonds. The second kappa shape index (κ2) is 7.30. The highest BCUT2D eigenvalue weighted by Gasteiger charge is 2.28. The lowest BCUT2D eigenvalue weighted by molar-refractivity contribution is -0.384. The van der Waals surface area contributed by atoms with E-state index in [1.165, 1.54) is 18.1 Å². The van der Waals surface area contributed by atoms with Gasteiger partial charge in [0.1, 0.15) is 11.4 Å². The minimum Gasteiger partial charge on any atom is -0.496 e. The quantitative estimate of drug-likeness (QED) is 0.596. The molecule has 2 aromatic carbocycles. The number of benzene rings is 2. The summed E-state index contributed by atoms with van der Waals surface area (Å²) in [5.41, 5.74) is 0.500. The van der Waals surface area contributed by atoms with Crippen LogP contribution >= 0.6 is 0 Å². The summed E-state index contributed by atoms with van der Waals surface area (Å²) < 4.78 is 5.02. The van der Waals surface area contributed by atoms with Crippen LogP contribution in [-0.2, 0) is 0 Å². The van der Waals surface area contributed by atoms with E-state index in [0.717, 1.165) is 0 Å². The van der Waals surface area contributed by atoms with Gasteiger partial charge in [0.2, 0.25) is 0 Å². The van der Waals surface area contributed by atoms with Gasteiger partial charge in [-0.15, -0.1) is 0 Å². The van der Waals surface area contributed by atoms with Crippen LogP contribution in [0.2, 0.25) is 0 Å². The van der Waals surface area contributed by atoms with Crippen LogP contribution in [0.15, 0.2) is 42.5 Å². The van der Waals surface area contributed by atoms with Gasteiger partial charge in [0.05, 0.1) is 18.1 Å². The predicted octanol–water partition coefficient (Wildman–Crippen LogP) is 4.63. The molecule has 0 fully saturated rings. The molecule has 0 aliphatic carbocycles. The van der Waals surface area contributed by atoms with Gasteiger partial charge >= 0.3 is 6.09 Å². The van der Waals surface area contributed by atoms with Crippen LogP contribution < -0.4 is 15.0 Å². The molecule has 0 aliphatic heterocycles. The van der Waals surface area contributed by atoms with Gasteiger partial charge in [0.25, 0.3) is 5.69 Å². The molecule has 26 heavy (non-hydrogen) atoms. The van der Waals surface area contributed by atoms with Crippen LogP contribution in [-0.4, -0.2) is 28.8 Å². The highest BCUT2D eigenvalue weighted by atomic mass is 16.6. The van der Waals surface area contributed by atoms with Crippen molar-refractivity contribution in [1.82, 2.24) is 0 Å². The van der Waals surface area contributed by atoms with E-state index < -0.39 is 16.6 Å². The molecule has 138 valence electrons. The van der Waals surface area contributed by atoms with Gasteiger partial charge in [0, 0.05) is 16.9 Å². The van der Waals surface area contributed by atoms with E-state index in [9.17, 15) is 20.0 Å². The SMILES string of the molecule is COc1ccc(Nc2cccc(N(C(=O)O)C(C)(C)C)c2)c([N+](=O)[O-])c1. The molecule has 0 atom stereocenters. The van der Waals surface area contributed by atoms with Crippen LogP contribution in [0.25, 0.3) is 0 Å². The van der Waals surface area contributed by atoms with E-state index in [0.29, 0.717) is 17.1 Å². The van der Waals surface area contributed by atoms with Crippen LogP contribution in [0.3, 0.4) is 0 Å². The molecule has 0 unspecified atom stereocenters. The molecule has 2 N–H and O–H groups in total. The molecule has 0 aromatic heterocycles. The molecule has 2 aromatic rings. The van der Waals surface area contributed by atoms with Crippen molar-refractivity contribution in [1.29, 1.82) is 0 Å². The Bertz CT molecular complexity index is 830. The maximum Gasteiger partial charge on any atom is 0.412 e. The van der Waals surface area contributed by atoms with Crippen molar-refractivity contribution in [3.63, 3.8) is 0 Å². The molecule has 0 bridgehead atoms. The van der Waals surface area contributed by atoms with Gasteiger partial charge in [-0.2, -0.15) is 0 Å². The molecule has 0 aliphatic rings. The summed E-state index contributed by atoms with van der Waals surface area (Å²) >= 11 is 0. The normalized spacial score (nSPS) is 10.9. The Balaban J connectivity index is 2.41. The van der Waals surface area contributed by atoms with Gasteiger partial charge in [-0.05, 0) is 51.1 Å². The van der Waals surface area contributed by atoms with Crippen molar-refractivity contribution in [2.75, 3.05) is 17.3 Å². The molecule has 0 saturated heterocycles. The topological polar surface area (TPSA) is 105 Å². The van der Waals surface area contributed by atoms with E-state index in [4.69, 9.17) is 4.74 Å². The van der Waals surface area contributed by atoms with Crippen molar-refractivity contribution in [2.24, 2.45) is 0 Å². The van der Waals surface area contributed by atoms with Crippen molar-refractivity contribution in [3.05, 3.63) is 52.6 Å². The van der Waals surface area contributed by atoms with E-state index in [1.807, 2.05) is 0 Å². The molecule has 0 spiro atoms. The van der Waals surface area contributed by atoms with Crippen molar-refractivity contribution in [3.8, 4) is 5.75 Å². The number of hydrogen-bond donors (Lipinski definition) is 2. The summed E-state index contributed by atoms with van der Waals surface area (Å²) in [4.78, 5) is 23.7. The summed E-state index contributed by atoms with van der Waals surface area (Å²) in [6.07, 6.45) is -1.08. The first-order chi connectivity index (χ1) is 12.1. The largest absolute Gasteiger partial charge is 0.496 e. The molecule has 8 heteroatoms. The number of methoxy groups -OCH3 is 1. The number of nitro groups is 1. The van der Waals surface area contributed by atoms with E-state index in [1.54, 1.807) is 57.2 Å². The zero-order valence-corrected chi connectivity index (χ0v) is 15.0. The predicted molar refractivity (Wildman–Crippen MR) is 99.6 cm³/mol. The van der Waals surface area contributed by atoms with Crippen molar-refractivity contribution >= 4 is 28.8 Å². The third-order valence-electron chi connectivity index (χ3n) is 3.65. The monoisotopic (exact) mass is 359 g/mol. The summed E-state index contributed by atoms with van der Waals surface area (Å²) in [5, 5.41) is 23.8. The first kappa shape index (κ1) is 19.0. The van der Waals surface area contributed by atoms with Crippen LogP contribution in [0.4, 0.5) is 27.5 Å². The Morgan fingerprint density at radius 1 is 1.23 bits per heavy atom. The fourth-order valence-corrected chi connectivity index (χ4v) is 2.56. The number of nitrogens with zero attached hydrogens (tertiary/aromatic N) is 2. The third kappa shape index (κ3) is 4.21. The number of amides is 1. The smallest absolute Gasteiger partial charge is 0.412 e. The molecular weight excluding hydrogens is 338 g/mol. The molecule has 0 heterocycles. The standard InChI is InChI=1S/C18H21N3O5/c1-18(2,3)20(17(22)23)13-7-5-6-12(10-13)19-15-9-8-14(26-4)11-16(15)21(24)25/h5-11,19H,1-4H3,(H,22,23). The average Bonchev–Trinajstić information content (AvgIpc) is 2.53. The lowest BCUT2D eigenvalue weighted by atomic mass is 10.1. The second-order valence-corrected chi connectivity index (χ2v) is 6.60. The van der Waals surface area contributed by atoms with Gasteiger partial charge in [-0.25, -0.2) is 4.79 Å². The number of ether oxygens (including phenoxy) is 1. The van der Waals surface area contributed by atoms with Gasteiger partial charge in [-0.3, -0.25) is 15.0 Å². The number of rotatable bonds is 5. The Morgan fingerprint density at radius 2 is 1.92 bits per heavy atom. The van der Waals surface area contributed by atoms with E-state index >= 15 is 0 Å². The lowest BCUT2D eigenvalue weighted by Crippen LogP contribution is -2.45. The maximum atomic E-state index is 11.6. The first-order valence-electron chi connectivity index (χ1n) is 7.86. The second-order valence-electron chi connectivity index (χ2n) is 6.60. The Labute approximate surface area is 151 Å². The van der Waals surface area contributed by atoms with E-state index in [-0.39, 0.29) is 11.4 Å². The summed E-state index contributed by atoms with van der Waals surface area (Å²) in [5.74, 6) is 0.376. The minimum absolute atomic E-state index is 0.138. The van der Waals surface area contributed by atoms with Crippen LogP contribution in [0, 0.1) is 10.1 Å². The van der Waals surface area contributed by atoms with Gasteiger partial charge < -0.3 is 15.2 Å². The van der Waals surface area contributed by atoms with Gasteiger partial charge in [0.15, 0.2) is 0 Å². The number of nitrogens with one attached hydrogen (secondary N) is 1. The van der Waals surface area contributed by atoms with E-state index in [2.05, 4.69) is 5.32 Å². The molecule has 2 rings (SSSR count).